The number of hydrogen-bond acceptors (Lipinski definition) is 3. The Morgan fingerprint density at radius 1 is 1.56 bits per heavy atom. The van der Waals surface area contributed by atoms with Gasteiger partial charge in [0.2, 0.25) is 0 Å². The van der Waals surface area contributed by atoms with Crippen LogP contribution >= 0.6 is 11.3 Å². The zero-order valence-electron chi connectivity index (χ0n) is 9.45. The highest BCUT2D eigenvalue weighted by atomic mass is 32.1. The normalized spacial score (nSPS) is 17.9. The van der Waals surface area contributed by atoms with Crippen molar-refractivity contribution in [1.29, 1.82) is 0 Å². The fourth-order valence-corrected chi connectivity index (χ4v) is 2.76. The van der Waals surface area contributed by atoms with Crippen molar-refractivity contribution in [3.05, 3.63) is 21.9 Å². The van der Waals surface area contributed by atoms with Gasteiger partial charge in [-0.2, -0.15) is 0 Å². The molecule has 1 saturated carbocycles. The quantitative estimate of drug-likeness (QED) is 0.843. The first-order chi connectivity index (χ1) is 7.69. The van der Waals surface area contributed by atoms with Crippen molar-refractivity contribution in [3.8, 4) is 0 Å². The summed E-state index contributed by atoms with van der Waals surface area (Å²) in [5.74, 6) is -0.0431. The van der Waals surface area contributed by atoms with E-state index in [2.05, 4.69) is 12.2 Å². The Kier molecular flexibility index (Phi) is 3.30. The maximum atomic E-state index is 11.9. The summed E-state index contributed by atoms with van der Waals surface area (Å²) in [5, 5.41) is 12.2. The number of hydrogen-bond donors (Lipinski definition) is 2. The standard InChI is InChI=1S/C12H17NO2S/c1-2-9-4-5-10(16-9)11(15)13-12(8-14)6-3-7-12/h4-5,14H,2-3,6-8H2,1H3,(H,13,15). The highest BCUT2D eigenvalue weighted by Crippen LogP contribution is 2.31. The molecule has 0 atom stereocenters. The summed E-state index contributed by atoms with van der Waals surface area (Å²) in [6.45, 7) is 2.12. The minimum Gasteiger partial charge on any atom is -0.394 e. The lowest BCUT2D eigenvalue weighted by Crippen LogP contribution is -2.56. The van der Waals surface area contributed by atoms with Gasteiger partial charge in [0.15, 0.2) is 0 Å². The zero-order chi connectivity index (χ0) is 11.6. The first-order valence-corrected chi connectivity index (χ1v) is 6.53. The number of carbonyl (C=O) groups excluding carboxylic acids is 1. The van der Waals surface area contributed by atoms with E-state index in [9.17, 15) is 9.90 Å². The molecule has 1 aliphatic rings. The summed E-state index contributed by atoms with van der Waals surface area (Å²) in [4.78, 5) is 13.9. The molecular weight excluding hydrogens is 222 g/mol. The third-order valence-corrected chi connectivity index (χ3v) is 4.45. The number of nitrogens with one attached hydrogen (secondary N) is 1. The Morgan fingerprint density at radius 3 is 2.75 bits per heavy atom. The van der Waals surface area contributed by atoms with Crippen molar-refractivity contribution in [1.82, 2.24) is 5.32 Å². The van der Waals surface area contributed by atoms with Crippen molar-refractivity contribution < 1.29 is 9.90 Å². The average molecular weight is 239 g/mol. The van der Waals surface area contributed by atoms with Gasteiger partial charge in [-0.1, -0.05) is 6.92 Å². The first kappa shape index (κ1) is 11.6. The van der Waals surface area contributed by atoms with Gasteiger partial charge in [0.1, 0.15) is 0 Å². The van der Waals surface area contributed by atoms with E-state index in [-0.39, 0.29) is 18.1 Å². The lowest BCUT2D eigenvalue weighted by atomic mass is 9.77. The predicted octanol–water partition coefficient (Wildman–Crippen LogP) is 1.96. The molecule has 88 valence electrons. The van der Waals surface area contributed by atoms with E-state index in [4.69, 9.17) is 0 Å². The highest BCUT2D eigenvalue weighted by Gasteiger charge is 2.38. The fraction of sp³-hybridized carbons (Fsp3) is 0.583. The van der Waals surface area contributed by atoms with Crippen LogP contribution in [0.5, 0.6) is 0 Å². The van der Waals surface area contributed by atoms with Gasteiger partial charge in [0, 0.05) is 4.88 Å². The molecule has 1 heterocycles. The minimum absolute atomic E-state index is 0.0431. The molecule has 3 nitrogen and oxygen atoms in total. The third-order valence-electron chi connectivity index (χ3n) is 3.23. The predicted molar refractivity (Wildman–Crippen MR) is 64.8 cm³/mol. The molecule has 2 N–H and O–H groups in total. The largest absolute Gasteiger partial charge is 0.394 e. The molecule has 16 heavy (non-hydrogen) atoms. The van der Waals surface area contributed by atoms with Crippen molar-refractivity contribution in [2.24, 2.45) is 0 Å². The van der Waals surface area contributed by atoms with Gasteiger partial charge in [-0.15, -0.1) is 11.3 Å². The summed E-state index contributed by atoms with van der Waals surface area (Å²) >= 11 is 1.53. The summed E-state index contributed by atoms with van der Waals surface area (Å²) in [6, 6.07) is 3.86. The molecule has 0 spiro atoms. The topological polar surface area (TPSA) is 49.3 Å². The van der Waals surface area contributed by atoms with E-state index in [1.165, 1.54) is 16.2 Å². The van der Waals surface area contributed by atoms with Gasteiger partial charge in [-0.25, -0.2) is 0 Å². The maximum absolute atomic E-state index is 11.9. The molecule has 0 saturated heterocycles. The summed E-state index contributed by atoms with van der Waals surface area (Å²) in [6.07, 6.45) is 3.83. The van der Waals surface area contributed by atoms with Gasteiger partial charge in [0.05, 0.1) is 17.0 Å². The van der Waals surface area contributed by atoms with Crippen LogP contribution in [0.25, 0.3) is 0 Å². The van der Waals surface area contributed by atoms with Crippen LogP contribution < -0.4 is 5.32 Å². The molecule has 2 rings (SSSR count). The van der Waals surface area contributed by atoms with Crippen LogP contribution in [0.1, 0.15) is 40.7 Å². The molecule has 1 aromatic heterocycles. The number of aryl methyl sites for hydroxylation is 1. The van der Waals surface area contributed by atoms with Crippen LogP contribution in [0, 0.1) is 0 Å². The summed E-state index contributed by atoms with van der Waals surface area (Å²) < 4.78 is 0. The smallest absolute Gasteiger partial charge is 0.261 e. The second kappa shape index (κ2) is 4.55. The highest BCUT2D eigenvalue weighted by molar-refractivity contribution is 7.14. The number of carbonyl (C=O) groups is 1. The second-order valence-corrected chi connectivity index (χ2v) is 5.53. The van der Waals surface area contributed by atoms with Crippen LogP contribution in [-0.4, -0.2) is 23.2 Å². The Labute approximate surface area is 99.5 Å². The van der Waals surface area contributed by atoms with Crippen LogP contribution in [0.4, 0.5) is 0 Å². The molecule has 0 radical (unpaired) electrons. The zero-order valence-corrected chi connectivity index (χ0v) is 10.3. The molecule has 1 aliphatic carbocycles. The fourth-order valence-electron chi connectivity index (χ4n) is 1.92. The van der Waals surface area contributed by atoms with Gasteiger partial charge >= 0.3 is 0 Å². The van der Waals surface area contributed by atoms with Gasteiger partial charge < -0.3 is 10.4 Å². The average Bonchev–Trinajstić information content (AvgIpc) is 2.71. The van der Waals surface area contributed by atoms with Crippen LogP contribution in [0.3, 0.4) is 0 Å². The van der Waals surface area contributed by atoms with Gasteiger partial charge in [-0.3, -0.25) is 4.79 Å². The monoisotopic (exact) mass is 239 g/mol. The first-order valence-electron chi connectivity index (χ1n) is 5.71. The lowest BCUT2D eigenvalue weighted by Gasteiger charge is -2.40. The third kappa shape index (κ3) is 2.13. The number of amides is 1. The summed E-state index contributed by atoms with van der Waals surface area (Å²) in [5.41, 5.74) is -0.340. The maximum Gasteiger partial charge on any atom is 0.261 e. The molecule has 4 heteroatoms. The van der Waals surface area contributed by atoms with E-state index in [0.29, 0.717) is 0 Å². The van der Waals surface area contributed by atoms with Crippen molar-refractivity contribution in [2.75, 3.05) is 6.61 Å². The van der Waals surface area contributed by atoms with Crippen LogP contribution in [0.15, 0.2) is 12.1 Å². The number of rotatable bonds is 4. The molecule has 0 unspecified atom stereocenters. The van der Waals surface area contributed by atoms with E-state index in [0.717, 1.165) is 30.6 Å². The molecule has 1 fully saturated rings. The van der Waals surface area contributed by atoms with Gasteiger partial charge in [0.25, 0.3) is 5.91 Å². The van der Waals surface area contributed by atoms with Gasteiger partial charge in [-0.05, 0) is 37.8 Å². The molecule has 1 aromatic rings. The van der Waals surface area contributed by atoms with E-state index < -0.39 is 0 Å². The Balaban J connectivity index is 2.02. The van der Waals surface area contributed by atoms with E-state index in [1.807, 2.05) is 12.1 Å². The Morgan fingerprint density at radius 2 is 2.31 bits per heavy atom. The Hall–Kier alpha value is -0.870. The number of thiophene rings is 1. The lowest BCUT2D eigenvalue weighted by molar-refractivity contribution is 0.0645. The van der Waals surface area contributed by atoms with Crippen LogP contribution in [-0.2, 0) is 6.42 Å². The molecular formula is C12H17NO2S. The molecule has 0 aromatic carbocycles. The molecule has 1 amide bonds. The van der Waals surface area contributed by atoms with Crippen LogP contribution in [0.2, 0.25) is 0 Å². The number of aliphatic hydroxyl groups is 1. The molecule has 0 bridgehead atoms. The number of aliphatic hydroxyl groups excluding tert-OH is 1. The van der Waals surface area contributed by atoms with E-state index >= 15 is 0 Å². The second-order valence-electron chi connectivity index (χ2n) is 4.37. The van der Waals surface area contributed by atoms with Crippen molar-refractivity contribution in [2.45, 2.75) is 38.1 Å². The van der Waals surface area contributed by atoms with Crippen molar-refractivity contribution >= 4 is 17.2 Å². The Bertz CT molecular complexity index is 377. The minimum atomic E-state index is -0.340. The van der Waals surface area contributed by atoms with Crippen molar-refractivity contribution in [3.63, 3.8) is 0 Å². The molecule has 0 aliphatic heterocycles. The van der Waals surface area contributed by atoms with E-state index in [1.54, 1.807) is 0 Å². The summed E-state index contributed by atoms with van der Waals surface area (Å²) in [7, 11) is 0. The SMILES string of the molecule is CCc1ccc(C(=O)NC2(CO)CCC2)s1.